The molecule has 0 saturated carbocycles. The van der Waals surface area contributed by atoms with Crippen LogP contribution in [0.25, 0.3) is 0 Å². The molecule has 0 rings (SSSR count). The molecule has 2 nitrogen and oxygen atoms in total. The standard InChI is InChI=1S/C10H18O2/c1-4-5-6-8(2)7-9(3)10(11)12/h4-5,8-9H,6-7H2,1-3H3,(H,11,12). The maximum atomic E-state index is 10.5. The molecule has 0 aromatic carbocycles. The first-order valence-corrected chi connectivity index (χ1v) is 4.41. The highest BCUT2D eigenvalue weighted by Crippen LogP contribution is 2.15. The Morgan fingerprint density at radius 3 is 2.50 bits per heavy atom. The smallest absolute Gasteiger partial charge is 0.306 e. The average molecular weight is 170 g/mol. The largest absolute Gasteiger partial charge is 0.481 e. The van der Waals surface area contributed by atoms with Crippen LogP contribution in [0.5, 0.6) is 0 Å². The van der Waals surface area contributed by atoms with E-state index in [9.17, 15) is 4.79 Å². The van der Waals surface area contributed by atoms with Crippen molar-refractivity contribution in [3.05, 3.63) is 12.2 Å². The Balaban J connectivity index is 3.68. The molecule has 70 valence electrons. The van der Waals surface area contributed by atoms with E-state index in [-0.39, 0.29) is 5.92 Å². The lowest BCUT2D eigenvalue weighted by atomic mass is 9.95. The Morgan fingerprint density at radius 2 is 2.08 bits per heavy atom. The van der Waals surface area contributed by atoms with Gasteiger partial charge < -0.3 is 5.11 Å². The average Bonchev–Trinajstić information content (AvgIpc) is 2.00. The van der Waals surface area contributed by atoms with Crippen LogP contribution in [0.4, 0.5) is 0 Å². The predicted octanol–water partition coefficient (Wildman–Crippen LogP) is 2.70. The van der Waals surface area contributed by atoms with Crippen molar-refractivity contribution in [2.75, 3.05) is 0 Å². The Labute approximate surface area is 74.3 Å². The van der Waals surface area contributed by atoms with Crippen LogP contribution in [-0.4, -0.2) is 11.1 Å². The van der Waals surface area contributed by atoms with E-state index in [1.165, 1.54) is 0 Å². The number of carbonyl (C=O) groups is 1. The molecule has 0 aliphatic carbocycles. The third kappa shape index (κ3) is 4.94. The number of allylic oxidation sites excluding steroid dienone is 2. The quantitative estimate of drug-likeness (QED) is 0.644. The Morgan fingerprint density at radius 1 is 1.50 bits per heavy atom. The number of aliphatic carboxylic acids is 1. The van der Waals surface area contributed by atoms with Crippen molar-refractivity contribution in [2.24, 2.45) is 11.8 Å². The zero-order valence-corrected chi connectivity index (χ0v) is 8.08. The monoisotopic (exact) mass is 170 g/mol. The predicted molar refractivity (Wildman–Crippen MR) is 50.0 cm³/mol. The highest BCUT2D eigenvalue weighted by atomic mass is 16.4. The van der Waals surface area contributed by atoms with Crippen LogP contribution < -0.4 is 0 Å². The molecule has 2 unspecified atom stereocenters. The fraction of sp³-hybridized carbons (Fsp3) is 0.700. The molecule has 2 heteroatoms. The van der Waals surface area contributed by atoms with Crippen molar-refractivity contribution < 1.29 is 9.90 Å². The second-order valence-corrected chi connectivity index (χ2v) is 3.38. The SMILES string of the molecule is CC=CCC(C)CC(C)C(=O)O. The van der Waals surface area contributed by atoms with E-state index in [4.69, 9.17) is 5.11 Å². The summed E-state index contributed by atoms with van der Waals surface area (Å²) in [6.45, 7) is 5.82. The fourth-order valence-electron chi connectivity index (χ4n) is 1.17. The van der Waals surface area contributed by atoms with Gasteiger partial charge in [0.15, 0.2) is 0 Å². The Hall–Kier alpha value is -0.790. The fourth-order valence-corrected chi connectivity index (χ4v) is 1.17. The minimum atomic E-state index is -0.692. The van der Waals surface area contributed by atoms with Crippen LogP contribution >= 0.6 is 0 Å². The van der Waals surface area contributed by atoms with E-state index in [0.717, 1.165) is 12.8 Å². The molecule has 0 fully saturated rings. The third-order valence-electron chi connectivity index (χ3n) is 1.95. The van der Waals surface area contributed by atoms with Crippen molar-refractivity contribution >= 4 is 5.97 Å². The summed E-state index contributed by atoms with van der Waals surface area (Å²) in [7, 11) is 0. The van der Waals surface area contributed by atoms with E-state index in [2.05, 4.69) is 13.0 Å². The zero-order chi connectivity index (χ0) is 9.56. The first kappa shape index (κ1) is 11.2. The van der Waals surface area contributed by atoms with Crippen LogP contribution in [0, 0.1) is 11.8 Å². The van der Waals surface area contributed by atoms with Crippen molar-refractivity contribution in [3.63, 3.8) is 0 Å². The number of rotatable bonds is 5. The minimum absolute atomic E-state index is 0.217. The molecule has 0 bridgehead atoms. The van der Waals surface area contributed by atoms with E-state index in [1.807, 2.05) is 13.0 Å². The molecule has 0 amide bonds. The van der Waals surface area contributed by atoms with E-state index in [0.29, 0.717) is 5.92 Å². The number of carboxylic acids is 1. The normalized spacial score (nSPS) is 16.2. The molecule has 0 spiro atoms. The minimum Gasteiger partial charge on any atom is -0.481 e. The topological polar surface area (TPSA) is 37.3 Å². The van der Waals surface area contributed by atoms with Gasteiger partial charge in [-0.25, -0.2) is 0 Å². The van der Waals surface area contributed by atoms with E-state index < -0.39 is 5.97 Å². The number of hydrogen-bond donors (Lipinski definition) is 1. The first-order valence-electron chi connectivity index (χ1n) is 4.41. The van der Waals surface area contributed by atoms with Crippen LogP contribution in [0.15, 0.2) is 12.2 Å². The molecule has 1 N–H and O–H groups in total. The van der Waals surface area contributed by atoms with Gasteiger partial charge in [-0.1, -0.05) is 26.0 Å². The molecule has 0 heterocycles. The Bertz CT molecular complexity index is 161. The third-order valence-corrected chi connectivity index (χ3v) is 1.95. The highest BCUT2D eigenvalue weighted by Gasteiger charge is 2.13. The van der Waals surface area contributed by atoms with Gasteiger partial charge in [0.2, 0.25) is 0 Å². The summed E-state index contributed by atoms with van der Waals surface area (Å²) in [6.07, 6.45) is 5.83. The van der Waals surface area contributed by atoms with E-state index >= 15 is 0 Å². The summed E-state index contributed by atoms with van der Waals surface area (Å²) in [5, 5.41) is 8.64. The van der Waals surface area contributed by atoms with Crippen LogP contribution in [0.3, 0.4) is 0 Å². The molecule has 12 heavy (non-hydrogen) atoms. The molecule has 0 aromatic heterocycles. The lowest BCUT2D eigenvalue weighted by Crippen LogP contribution is -2.12. The molecule has 0 saturated heterocycles. The van der Waals surface area contributed by atoms with Gasteiger partial charge in [-0.05, 0) is 25.7 Å². The van der Waals surface area contributed by atoms with E-state index in [1.54, 1.807) is 6.92 Å². The van der Waals surface area contributed by atoms with Gasteiger partial charge in [0.05, 0.1) is 5.92 Å². The summed E-state index contributed by atoms with van der Waals surface area (Å²) in [5.74, 6) is -0.445. The molecule has 0 aromatic rings. The van der Waals surface area contributed by atoms with Crippen molar-refractivity contribution in [1.82, 2.24) is 0 Å². The summed E-state index contributed by atoms with van der Waals surface area (Å²) >= 11 is 0. The summed E-state index contributed by atoms with van der Waals surface area (Å²) in [4.78, 5) is 10.5. The molecular formula is C10H18O2. The van der Waals surface area contributed by atoms with Gasteiger partial charge in [-0.15, -0.1) is 0 Å². The number of hydrogen-bond acceptors (Lipinski definition) is 1. The number of carboxylic acid groups (broad SMARTS) is 1. The van der Waals surface area contributed by atoms with Gasteiger partial charge in [-0.3, -0.25) is 4.79 Å². The second-order valence-electron chi connectivity index (χ2n) is 3.38. The lowest BCUT2D eigenvalue weighted by Gasteiger charge is -2.11. The van der Waals surface area contributed by atoms with Gasteiger partial charge in [-0.2, -0.15) is 0 Å². The van der Waals surface area contributed by atoms with Crippen LogP contribution in [0.2, 0.25) is 0 Å². The molecular weight excluding hydrogens is 152 g/mol. The molecule has 0 radical (unpaired) electrons. The van der Waals surface area contributed by atoms with Crippen molar-refractivity contribution in [1.29, 1.82) is 0 Å². The van der Waals surface area contributed by atoms with Gasteiger partial charge in [0, 0.05) is 0 Å². The maximum absolute atomic E-state index is 10.5. The van der Waals surface area contributed by atoms with Gasteiger partial charge in [0.25, 0.3) is 0 Å². The summed E-state index contributed by atoms with van der Waals surface area (Å²) in [5.41, 5.74) is 0. The molecule has 2 atom stereocenters. The highest BCUT2D eigenvalue weighted by molar-refractivity contribution is 5.69. The zero-order valence-electron chi connectivity index (χ0n) is 8.08. The maximum Gasteiger partial charge on any atom is 0.306 e. The molecule has 0 aliphatic heterocycles. The lowest BCUT2D eigenvalue weighted by molar-refractivity contribution is -0.141. The van der Waals surface area contributed by atoms with Crippen molar-refractivity contribution in [2.45, 2.75) is 33.6 Å². The van der Waals surface area contributed by atoms with Crippen molar-refractivity contribution in [3.8, 4) is 0 Å². The summed E-state index contributed by atoms with van der Waals surface area (Å²) in [6, 6.07) is 0. The molecule has 0 aliphatic rings. The van der Waals surface area contributed by atoms with Crippen LogP contribution in [-0.2, 0) is 4.79 Å². The van der Waals surface area contributed by atoms with Crippen LogP contribution in [0.1, 0.15) is 33.6 Å². The second kappa shape index (κ2) is 5.81. The van der Waals surface area contributed by atoms with Gasteiger partial charge >= 0.3 is 5.97 Å². The Kier molecular flexibility index (Phi) is 5.43. The van der Waals surface area contributed by atoms with Gasteiger partial charge in [0.1, 0.15) is 0 Å². The first-order chi connectivity index (χ1) is 5.57. The summed E-state index contributed by atoms with van der Waals surface area (Å²) < 4.78 is 0.